The summed E-state index contributed by atoms with van der Waals surface area (Å²) in [5.74, 6) is 0. The van der Waals surface area contributed by atoms with E-state index in [1.54, 1.807) is 0 Å². The molecule has 6 heteroatoms. The van der Waals surface area contributed by atoms with Gasteiger partial charge in [-0.15, -0.1) is 0 Å². The topological polar surface area (TPSA) is 57.5 Å². The molecule has 0 fully saturated rings. The summed E-state index contributed by atoms with van der Waals surface area (Å²) in [5.41, 5.74) is 0. The second kappa shape index (κ2) is 4.02. The predicted molar refractivity (Wildman–Crippen MR) is 27.9 cm³/mol. The fourth-order valence-electron chi connectivity index (χ4n) is 0. The molecule has 34 valence electrons. The van der Waals surface area contributed by atoms with E-state index in [1.807, 2.05) is 0 Å². The van der Waals surface area contributed by atoms with Crippen LogP contribution in [-0.2, 0) is 20.2 Å². The molecule has 0 heterocycles. The monoisotopic (exact) mass is 200 g/mol. The molecule has 0 spiro atoms. The van der Waals surface area contributed by atoms with Gasteiger partial charge in [-0.25, -0.2) is 0 Å². The van der Waals surface area contributed by atoms with Gasteiger partial charge in [0.25, 0.3) is 9.05 Å². The van der Waals surface area contributed by atoms with Gasteiger partial charge in [0.05, 0.1) is 0 Å². The SMILES string of the molecule is O=S(O)(O)=S.[RbH]. The molecule has 2 N–H and O–H groups in total. The predicted octanol–water partition coefficient (Wildman–Crippen LogP) is -0.970. The zero-order valence-corrected chi connectivity index (χ0v) is 3.75. The first-order valence-corrected chi connectivity index (χ1v) is 3.10. The Balaban J connectivity index is 0. The van der Waals surface area contributed by atoms with E-state index in [0.717, 1.165) is 0 Å². The van der Waals surface area contributed by atoms with Gasteiger partial charge in [0.1, 0.15) is 0 Å². The summed E-state index contributed by atoms with van der Waals surface area (Å²) < 4.78 is 24.0. The first-order valence-electron chi connectivity index (χ1n) is 0.698. The summed E-state index contributed by atoms with van der Waals surface area (Å²) in [6.07, 6.45) is 0. The minimum atomic E-state index is -3.83. The van der Waals surface area contributed by atoms with E-state index in [1.165, 1.54) is 0 Å². The third kappa shape index (κ3) is 36.0. The zero-order valence-electron chi connectivity index (χ0n) is 2.12. The Morgan fingerprint density at radius 1 is 1.50 bits per heavy atom. The Bertz CT molecular complexity index is 92.0. The second-order valence-electron chi connectivity index (χ2n) is 0.448. The van der Waals surface area contributed by atoms with Crippen LogP contribution in [-0.4, -0.2) is 71.5 Å². The van der Waals surface area contributed by atoms with Crippen molar-refractivity contribution in [3.63, 3.8) is 0 Å². The van der Waals surface area contributed by atoms with Gasteiger partial charge in [-0.05, 0) is 0 Å². The second-order valence-corrected chi connectivity index (χ2v) is 2.65. The van der Waals surface area contributed by atoms with Gasteiger partial charge in [0.2, 0.25) is 0 Å². The molecule has 0 aliphatic carbocycles. The Morgan fingerprint density at radius 3 is 1.50 bits per heavy atom. The van der Waals surface area contributed by atoms with Crippen molar-refractivity contribution in [3.8, 4) is 0 Å². The fraction of sp³-hybridized carbons (Fsp3) is 0. The fourth-order valence-corrected chi connectivity index (χ4v) is 0. The summed E-state index contributed by atoms with van der Waals surface area (Å²) in [4.78, 5) is 0. The number of hydrogen-bond donors (Lipinski definition) is 2. The van der Waals surface area contributed by atoms with Gasteiger partial charge in [0, 0.05) is 11.2 Å². The summed E-state index contributed by atoms with van der Waals surface area (Å²) in [7, 11) is -3.83. The quantitative estimate of drug-likeness (QED) is 0.529. The average Bonchev–Trinajstić information content (AvgIpc) is 0.722. The van der Waals surface area contributed by atoms with Crippen molar-refractivity contribution >= 4 is 78.4 Å². The molecule has 0 amide bonds. The average molecular weight is 201 g/mol. The van der Waals surface area contributed by atoms with Crippen LogP contribution in [0.25, 0.3) is 0 Å². The van der Waals surface area contributed by atoms with E-state index < -0.39 is 9.05 Å². The van der Waals surface area contributed by atoms with Crippen molar-refractivity contribution in [2.24, 2.45) is 0 Å². The minimum absolute atomic E-state index is 0. The molecule has 0 radical (unpaired) electrons. The molecule has 0 saturated carbocycles. The summed E-state index contributed by atoms with van der Waals surface area (Å²) in [6, 6.07) is 0. The van der Waals surface area contributed by atoms with E-state index in [0.29, 0.717) is 0 Å². The van der Waals surface area contributed by atoms with Crippen molar-refractivity contribution < 1.29 is 13.3 Å². The number of hydrogen-bond acceptors (Lipinski definition) is 2. The summed E-state index contributed by atoms with van der Waals surface area (Å²) in [5, 5.41) is 0. The van der Waals surface area contributed by atoms with E-state index in [-0.39, 0.29) is 58.2 Å². The molecule has 0 saturated heterocycles. The molecule has 0 unspecified atom stereocenters. The van der Waals surface area contributed by atoms with Gasteiger partial charge in [-0.2, -0.15) is 4.21 Å². The molecule has 6 heavy (non-hydrogen) atoms. The van der Waals surface area contributed by atoms with Crippen molar-refractivity contribution in [1.29, 1.82) is 0 Å². The summed E-state index contributed by atoms with van der Waals surface area (Å²) >= 11 is 3.47. The Labute approximate surface area is 89.6 Å². The van der Waals surface area contributed by atoms with E-state index in [2.05, 4.69) is 11.2 Å². The zero-order chi connectivity index (χ0) is 4.50. The third-order valence-corrected chi connectivity index (χ3v) is 0. The molecule has 3 nitrogen and oxygen atoms in total. The third-order valence-electron chi connectivity index (χ3n) is 0. The molecule has 0 aromatic rings. The molecule has 0 atom stereocenters. The van der Waals surface area contributed by atoms with Crippen molar-refractivity contribution in [3.05, 3.63) is 0 Å². The van der Waals surface area contributed by atoms with Crippen LogP contribution in [0.2, 0.25) is 0 Å². The molecule has 0 aliphatic rings. The molecule has 0 aromatic carbocycles. The maximum atomic E-state index is 9.11. The van der Waals surface area contributed by atoms with Gasteiger partial charge >= 0.3 is 58.2 Å². The van der Waals surface area contributed by atoms with Crippen molar-refractivity contribution in [2.45, 2.75) is 0 Å². The van der Waals surface area contributed by atoms with Gasteiger partial charge in [-0.1, -0.05) is 0 Å². The van der Waals surface area contributed by atoms with E-state index in [9.17, 15) is 0 Å². The standard InChI is InChI=1S/H2O3S2.Rb.H/c1-5(2,3)4;;/h(H2,1,2,3,4);;. The van der Waals surface area contributed by atoms with Gasteiger partial charge in [0.15, 0.2) is 0 Å². The Hall–Kier alpha value is 2.10. The van der Waals surface area contributed by atoms with Crippen LogP contribution in [0.5, 0.6) is 0 Å². The van der Waals surface area contributed by atoms with Crippen LogP contribution in [0.3, 0.4) is 0 Å². The van der Waals surface area contributed by atoms with E-state index in [4.69, 9.17) is 13.3 Å². The van der Waals surface area contributed by atoms with Crippen LogP contribution in [0.15, 0.2) is 0 Å². The normalized spacial score (nSPS) is 9.67. The van der Waals surface area contributed by atoms with Crippen LogP contribution in [0, 0.1) is 0 Å². The van der Waals surface area contributed by atoms with Crippen molar-refractivity contribution in [1.82, 2.24) is 0 Å². The Kier molecular flexibility index (Phi) is 7.35. The molecule has 0 aromatic heterocycles. The van der Waals surface area contributed by atoms with Crippen LogP contribution in [0.4, 0.5) is 0 Å². The molecule has 0 rings (SSSR count). The van der Waals surface area contributed by atoms with Gasteiger partial charge < -0.3 is 0 Å². The van der Waals surface area contributed by atoms with Crippen LogP contribution in [0.1, 0.15) is 0 Å². The first kappa shape index (κ1) is 11.0. The van der Waals surface area contributed by atoms with Crippen LogP contribution < -0.4 is 0 Å². The first-order chi connectivity index (χ1) is 2.00. The van der Waals surface area contributed by atoms with Crippen LogP contribution >= 0.6 is 0 Å². The molecular weight excluding hydrogens is 198 g/mol. The Morgan fingerprint density at radius 2 is 1.50 bits per heavy atom. The van der Waals surface area contributed by atoms with Crippen molar-refractivity contribution in [2.75, 3.05) is 0 Å². The molecule has 0 bridgehead atoms. The molecular formula is H3O3RbS2. The molecule has 0 aliphatic heterocycles. The number of rotatable bonds is 0. The van der Waals surface area contributed by atoms with Gasteiger partial charge in [-0.3, -0.25) is 9.11 Å². The van der Waals surface area contributed by atoms with E-state index >= 15 is 0 Å². The maximum absolute atomic E-state index is 9.11. The summed E-state index contributed by atoms with van der Waals surface area (Å²) in [6.45, 7) is 0.